The third kappa shape index (κ3) is 12.2. The fourth-order valence-corrected chi connectivity index (χ4v) is 1.15. The van der Waals surface area contributed by atoms with E-state index in [1.165, 1.54) is 0 Å². The molecular formula is C16H19O2+. The quantitative estimate of drug-likeness (QED) is 0.323. The van der Waals surface area contributed by atoms with Gasteiger partial charge in [-0.05, 0) is 18.9 Å². The maximum Gasteiger partial charge on any atom is 0.303 e. The smallest absolute Gasteiger partial charge is 0.303 e. The van der Waals surface area contributed by atoms with E-state index >= 15 is 0 Å². The predicted molar refractivity (Wildman–Crippen MR) is 74.3 cm³/mol. The monoisotopic (exact) mass is 243 g/mol. The van der Waals surface area contributed by atoms with Crippen LogP contribution in [0.3, 0.4) is 0 Å². The minimum atomic E-state index is -0.590. The van der Waals surface area contributed by atoms with Crippen LogP contribution in [-0.2, 0) is 4.79 Å². The van der Waals surface area contributed by atoms with Crippen molar-refractivity contribution in [3.05, 3.63) is 31.2 Å². The van der Waals surface area contributed by atoms with Crippen molar-refractivity contribution < 1.29 is 9.90 Å². The molecule has 0 fully saturated rings. The van der Waals surface area contributed by atoms with E-state index in [4.69, 9.17) is 6.42 Å². The number of terminal acetylenes is 1. The summed E-state index contributed by atoms with van der Waals surface area (Å²) in [5.41, 5.74) is 0. The molecule has 18 heavy (non-hydrogen) atoms. The lowest BCUT2D eigenvalue weighted by molar-refractivity contribution is -0.114. The highest BCUT2D eigenvalue weighted by Gasteiger charge is 1.98. The average molecular weight is 243 g/mol. The normalized spacial score (nSPS) is 12.0. The van der Waals surface area contributed by atoms with Gasteiger partial charge in [-0.2, -0.15) is 0 Å². The molecule has 0 radical (unpaired) electrons. The summed E-state index contributed by atoms with van der Waals surface area (Å²) in [7, 11) is 0. The van der Waals surface area contributed by atoms with Gasteiger partial charge in [0.2, 0.25) is 0 Å². The third-order valence-corrected chi connectivity index (χ3v) is 2.06. The zero-order chi connectivity index (χ0) is 13.6. The van der Waals surface area contributed by atoms with Crippen LogP contribution in [0.5, 0.6) is 0 Å². The Hall–Kier alpha value is -1.90. The largest absolute Gasteiger partial charge is 0.388 e. The molecule has 0 aromatic heterocycles. The van der Waals surface area contributed by atoms with Crippen molar-refractivity contribution in [3.63, 3.8) is 0 Å². The summed E-state index contributed by atoms with van der Waals surface area (Å²) in [5, 5.41) is 9.26. The Labute approximate surface area is 110 Å². The number of ketones is 1. The Morgan fingerprint density at radius 1 is 1.39 bits per heavy atom. The van der Waals surface area contributed by atoms with Crippen LogP contribution in [0.4, 0.5) is 0 Å². The zero-order valence-corrected chi connectivity index (χ0v) is 10.6. The highest BCUT2D eigenvalue weighted by molar-refractivity contribution is 5.82. The molecule has 1 unspecified atom stereocenters. The number of hydrogen-bond donors (Lipinski definition) is 1. The molecule has 0 aliphatic heterocycles. The number of carbonyl (C=O) groups is 1. The van der Waals surface area contributed by atoms with Crippen LogP contribution < -0.4 is 0 Å². The van der Waals surface area contributed by atoms with Crippen LogP contribution in [0.2, 0.25) is 0 Å². The van der Waals surface area contributed by atoms with Crippen LogP contribution in [-0.4, -0.2) is 17.0 Å². The van der Waals surface area contributed by atoms with E-state index in [1.807, 2.05) is 0 Å². The van der Waals surface area contributed by atoms with E-state index in [1.54, 1.807) is 24.3 Å². The Bertz CT molecular complexity index is 386. The lowest BCUT2D eigenvalue weighted by atomic mass is 10.1. The van der Waals surface area contributed by atoms with Gasteiger partial charge in [0.15, 0.2) is 0 Å². The van der Waals surface area contributed by atoms with Gasteiger partial charge in [0.05, 0.1) is 12.5 Å². The van der Waals surface area contributed by atoms with Gasteiger partial charge >= 0.3 is 5.78 Å². The van der Waals surface area contributed by atoms with Crippen LogP contribution in [0.15, 0.2) is 24.3 Å². The second-order valence-corrected chi connectivity index (χ2v) is 3.79. The standard InChI is InChI=1S/C16H19O2/c1-3-12-16(18)14-11-9-7-5-4-6-8-10-13-15(2)17/h1,7,9,11,14,16,18H,2,6,8,10,12-13H2/q+1/b9-7+,14-11+. The van der Waals surface area contributed by atoms with E-state index in [-0.39, 0.29) is 5.78 Å². The first-order valence-corrected chi connectivity index (χ1v) is 5.95. The average Bonchev–Trinajstić information content (AvgIpc) is 2.31. The number of allylic oxidation sites excluding steroid dienone is 3. The van der Waals surface area contributed by atoms with E-state index in [9.17, 15) is 9.90 Å². The topological polar surface area (TPSA) is 37.3 Å². The third-order valence-electron chi connectivity index (χ3n) is 2.06. The zero-order valence-electron chi connectivity index (χ0n) is 10.6. The number of unbranched alkanes of at least 4 members (excludes halogenated alkanes) is 2. The van der Waals surface area contributed by atoms with Crippen molar-refractivity contribution >= 4 is 5.78 Å². The van der Waals surface area contributed by atoms with Gasteiger partial charge in [-0.15, -0.1) is 12.3 Å². The van der Waals surface area contributed by atoms with Crippen molar-refractivity contribution in [2.45, 2.75) is 38.2 Å². The fourth-order valence-electron chi connectivity index (χ4n) is 1.15. The van der Waals surface area contributed by atoms with Gasteiger partial charge in [-0.3, -0.25) is 0 Å². The Morgan fingerprint density at radius 2 is 2.17 bits per heavy atom. The first-order valence-electron chi connectivity index (χ1n) is 5.95. The van der Waals surface area contributed by atoms with Crippen molar-refractivity contribution in [2.24, 2.45) is 0 Å². The molecule has 2 heteroatoms. The maximum atomic E-state index is 10.6. The van der Waals surface area contributed by atoms with Gasteiger partial charge in [-0.1, -0.05) is 30.1 Å². The number of rotatable bonds is 7. The molecule has 94 valence electrons. The molecule has 1 atom stereocenters. The minimum absolute atomic E-state index is 0.0153. The van der Waals surface area contributed by atoms with E-state index < -0.39 is 6.10 Å². The van der Waals surface area contributed by atoms with Crippen molar-refractivity contribution in [3.8, 4) is 24.2 Å². The van der Waals surface area contributed by atoms with Gasteiger partial charge in [0.25, 0.3) is 0 Å². The molecule has 0 saturated heterocycles. The van der Waals surface area contributed by atoms with Gasteiger partial charge in [0.1, 0.15) is 6.92 Å². The molecule has 1 N–H and O–H groups in total. The first-order chi connectivity index (χ1) is 8.66. The molecular weight excluding hydrogens is 224 g/mol. The lowest BCUT2D eigenvalue weighted by Gasteiger charge is -1.95. The second kappa shape index (κ2) is 11.6. The van der Waals surface area contributed by atoms with E-state index in [0.717, 1.165) is 19.3 Å². The molecule has 0 rings (SSSR count). The maximum absolute atomic E-state index is 10.6. The summed E-state index contributed by atoms with van der Waals surface area (Å²) in [4.78, 5) is 10.6. The van der Waals surface area contributed by atoms with Crippen LogP contribution in [0, 0.1) is 31.1 Å². The summed E-state index contributed by atoms with van der Waals surface area (Å²) in [5.74, 6) is 8.21. The summed E-state index contributed by atoms with van der Waals surface area (Å²) in [6.07, 6.45) is 14.7. The summed E-state index contributed by atoms with van der Waals surface area (Å²) in [6.45, 7) is 3.31. The second-order valence-electron chi connectivity index (χ2n) is 3.79. The van der Waals surface area contributed by atoms with E-state index in [2.05, 4.69) is 24.7 Å². The predicted octanol–water partition coefficient (Wildman–Crippen LogP) is 2.45. The number of hydrogen-bond acceptors (Lipinski definition) is 2. The molecule has 0 aromatic carbocycles. The molecule has 0 spiro atoms. The molecule has 0 heterocycles. The highest BCUT2D eigenvalue weighted by Crippen LogP contribution is 1.98. The molecule has 0 bridgehead atoms. The highest BCUT2D eigenvalue weighted by atomic mass is 16.3. The molecule has 0 aliphatic carbocycles. The van der Waals surface area contributed by atoms with Gasteiger partial charge in [0, 0.05) is 12.8 Å². The Kier molecular flexibility index (Phi) is 10.4. The fraction of sp³-hybridized carbons (Fsp3) is 0.375. The SMILES string of the molecule is C#CCC(O)/C=C/C=C/C#CCCCCC([CH2+])=O. The number of aliphatic hydroxyl groups is 1. The summed E-state index contributed by atoms with van der Waals surface area (Å²) < 4.78 is 0. The lowest BCUT2D eigenvalue weighted by Crippen LogP contribution is -1.98. The Balaban J connectivity index is 3.64. The van der Waals surface area contributed by atoms with Crippen molar-refractivity contribution in [2.75, 3.05) is 0 Å². The van der Waals surface area contributed by atoms with Gasteiger partial charge < -0.3 is 5.11 Å². The first kappa shape index (κ1) is 16.1. The molecule has 0 aromatic rings. The van der Waals surface area contributed by atoms with Gasteiger partial charge in [-0.25, -0.2) is 4.79 Å². The Morgan fingerprint density at radius 3 is 2.83 bits per heavy atom. The van der Waals surface area contributed by atoms with Crippen LogP contribution in [0.1, 0.15) is 32.1 Å². The van der Waals surface area contributed by atoms with Crippen molar-refractivity contribution in [1.82, 2.24) is 0 Å². The van der Waals surface area contributed by atoms with Crippen molar-refractivity contribution in [1.29, 1.82) is 0 Å². The number of aliphatic hydroxyl groups excluding tert-OH is 1. The van der Waals surface area contributed by atoms with Crippen LogP contribution >= 0.6 is 0 Å². The molecule has 2 nitrogen and oxygen atoms in total. The number of carbonyl (C=O) groups excluding carboxylic acids is 1. The molecule has 0 aliphatic rings. The summed E-state index contributed by atoms with van der Waals surface area (Å²) in [6, 6.07) is 0. The number of Topliss-reactive ketones (excluding diaryl/α,β-unsaturated/α-hetero) is 1. The minimum Gasteiger partial charge on any atom is -0.388 e. The summed E-state index contributed by atoms with van der Waals surface area (Å²) >= 11 is 0. The van der Waals surface area contributed by atoms with Crippen LogP contribution in [0.25, 0.3) is 0 Å². The van der Waals surface area contributed by atoms with E-state index in [0.29, 0.717) is 12.8 Å². The molecule has 0 saturated carbocycles. The molecule has 0 amide bonds.